The molecule has 4 rings (SSSR count). The molecule has 0 unspecified atom stereocenters. The minimum absolute atomic E-state index is 0.307. The number of furan rings is 1. The van der Waals surface area contributed by atoms with Crippen LogP contribution in [0.5, 0.6) is 5.75 Å². The highest BCUT2D eigenvalue weighted by Gasteiger charge is 2.23. The van der Waals surface area contributed by atoms with E-state index >= 15 is 0 Å². The first-order chi connectivity index (χ1) is 14.3. The van der Waals surface area contributed by atoms with Crippen molar-refractivity contribution < 1.29 is 13.9 Å². The Bertz CT molecular complexity index is 1330. The smallest absolute Gasteiger partial charge is 0.259 e. The molecule has 0 aliphatic heterocycles. The van der Waals surface area contributed by atoms with Crippen LogP contribution >= 0.6 is 0 Å². The molecule has 1 amide bonds. The minimum atomic E-state index is -0.307. The van der Waals surface area contributed by atoms with Gasteiger partial charge in [-0.25, -0.2) is 4.98 Å². The maximum absolute atomic E-state index is 13.0. The largest absolute Gasteiger partial charge is 0.497 e. The molecular weight excluding hydrogens is 382 g/mol. The Kier molecular flexibility index (Phi) is 4.59. The topological polar surface area (TPSA) is 109 Å². The fraction of sp³-hybridized carbons (Fsp3) is 0.227. The molecule has 0 saturated heterocycles. The second kappa shape index (κ2) is 7.12. The van der Waals surface area contributed by atoms with Crippen molar-refractivity contribution >= 4 is 22.9 Å². The van der Waals surface area contributed by atoms with Crippen LogP contribution in [-0.2, 0) is 0 Å². The van der Waals surface area contributed by atoms with Gasteiger partial charge in [-0.2, -0.15) is 5.26 Å². The van der Waals surface area contributed by atoms with Gasteiger partial charge in [0.25, 0.3) is 5.91 Å². The molecule has 2 N–H and O–H groups in total. The number of benzene rings is 1. The summed E-state index contributed by atoms with van der Waals surface area (Å²) in [6, 6.07) is 9.41. The molecule has 30 heavy (non-hydrogen) atoms. The number of amides is 1. The van der Waals surface area contributed by atoms with E-state index in [4.69, 9.17) is 9.15 Å². The number of methoxy groups -OCH3 is 1. The van der Waals surface area contributed by atoms with E-state index in [1.807, 2.05) is 45.9 Å². The summed E-state index contributed by atoms with van der Waals surface area (Å²) in [5.41, 5.74) is 4.68. The van der Waals surface area contributed by atoms with Gasteiger partial charge in [-0.05, 0) is 45.9 Å². The number of H-pyrrole nitrogens is 1. The van der Waals surface area contributed by atoms with Gasteiger partial charge in [0.1, 0.15) is 23.1 Å². The average Bonchev–Trinajstić information content (AvgIpc) is 3.34. The van der Waals surface area contributed by atoms with Crippen LogP contribution in [0.25, 0.3) is 16.9 Å². The second-order valence-electron chi connectivity index (χ2n) is 7.12. The highest BCUT2D eigenvalue weighted by atomic mass is 16.5. The maximum atomic E-state index is 13.0. The number of hydrogen-bond acceptors (Lipinski definition) is 5. The fourth-order valence-electron chi connectivity index (χ4n) is 3.55. The minimum Gasteiger partial charge on any atom is -0.497 e. The lowest BCUT2D eigenvalue weighted by atomic mass is 10.2. The highest BCUT2D eigenvalue weighted by Crippen LogP contribution is 2.29. The predicted molar refractivity (Wildman–Crippen MR) is 112 cm³/mol. The van der Waals surface area contributed by atoms with E-state index in [0.29, 0.717) is 40.2 Å². The molecule has 0 aliphatic carbocycles. The number of aryl methyl sites for hydroxylation is 2. The summed E-state index contributed by atoms with van der Waals surface area (Å²) in [7, 11) is 1.59. The molecule has 0 aliphatic rings. The van der Waals surface area contributed by atoms with E-state index in [-0.39, 0.29) is 5.91 Å². The number of imidazole rings is 1. The van der Waals surface area contributed by atoms with Crippen LogP contribution in [0, 0.1) is 39.0 Å². The van der Waals surface area contributed by atoms with Crippen molar-refractivity contribution in [2.24, 2.45) is 0 Å². The highest BCUT2D eigenvalue weighted by molar-refractivity contribution is 6.05. The molecule has 4 aromatic rings. The van der Waals surface area contributed by atoms with E-state index in [1.165, 1.54) is 0 Å². The third-order valence-electron chi connectivity index (χ3n) is 5.28. The quantitative estimate of drug-likeness (QED) is 0.528. The summed E-state index contributed by atoms with van der Waals surface area (Å²) in [5.74, 6) is 1.84. The fourth-order valence-corrected chi connectivity index (χ4v) is 3.55. The summed E-state index contributed by atoms with van der Waals surface area (Å²) >= 11 is 0. The van der Waals surface area contributed by atoms with Gasteiger partial charge in [-0.1, -0.05) is 0 Å². The second-order valence-corrected chi connectivity index (χ2v) is 7.12. The first-order valence-corrected chi connectivity index (χ1v) is 9.38. The van der Waals surface area contributed by atoms with Crippen molar-refractivity contribution in [1.82, 2.24) is 14.5 Å². The van der Waals surface area contributed by atoms with Crippen molar-refractivity contribution in [3.8, 4) is 17.7 Å². The number of aromatic amines is 1. The number of nitrogens with one attached hydrogen (secondary N) is 2. The van der Waals surface area contributed by atoms with E-state index in [0.717, 1.165) is 22.3 Å². The Morgan fingerprint density at radius 2 is 2.03 bits per heavy atom. The van der Waals surface area contributed by atoms with Crippen molar-refractivity contribution in [1.29, 1.82) is 5.26 Å². The Morgan fingerprint density at radius 3 is 2.73 bits per heavy atom. The maximum Gasteiger partial charge on any atom is 0.259 e. The van der Waals surface area contributed by atoms with Gasteiger partial charge < -0.3 is 14.1 Å². The number of carbonyl (C=O) groups excluding carboxylic acids is 1. The van der Waals surface area contributed by atoms with E-state index in [1.54, 1.807) is 17.7 Å². The Hall–Kier alpha value is -3.99. The zero-order chi connectivity index (χ0) is 21.6. The first kappa shape index (κ1) is 19.3. The molecule has 0 fully saturated rings. The van der Waals surface area contributed by atoms with Gasteiger partial charge in [-0.3, -0.25) is 14.7 Å². The van der Waals surface area contributed by atoms with Crippen LogP contribution in [0.4, 0.5) is 5.95 Å². The van der Waals surface area contributed by atoms with Gasteiger partial charge in [0, 0.05) is 23.0 Å². The first-order valence-electron chi connectivity index (χ1n) is 9.38. The molecule has 8 nitrogen and oxygen atoms in total. The zero-order valence-electron chi connectivity index (χ0n) is 17.4. The molecule has 0 spiro atoms. The lowest BCUT2D eigenvalue weighted by molar-refractivity contribution is 0.102. The summed E-state index contributed by atoms with van der Waals surface area (Å²) in [4.78, 5) is 20.4. The van der Waals surface area contributed by atoms with E-state index in [2.05, 4.69) is 21.4 Å². The van der Waals surface area contributed by atoms with Gasteiger partial charge in [0.2, 0.25) is 11.8 Å². The number of anilines is 1. The summed E-state index contributed by atoms with van der Waals surface area (Å²) in [5, 5.41) is 12.4. The molecule has 0 atom stereocenters. The number of ether oxygens (including phenoxy) is 1. The molecule has 0 radical (unpaired) electrons. The average molecular weight is 403 g/mol. The third kappa shape index (κ3) is 3.01. The van der Waals surface area contributed by atoms with E-state index < -0.39 is 0 Å². The Morgan fingerprint density at radius 1 is 1.27 bits per heavy atom. The number of nitriles is 1. The molecule has 0 bridgehead atoms. The molecular formula is C22H21N5O3. The van der Waals surface area contributed by atoms with Gasteiger partial charge >= 0.3 is 0 Å². The third-order valence-corrected chi connectivity index (χ3v) is 5.28. The number of fused-ring (bicyclic) bond motifs is 1. The molecule has 8 heteroatoms. The lowest BCUT2D eigenvalue weighted by Crippen LogP contribution is -2.14. The number of aromatic nitrogens is 3. The monoisotopic (exact) mass is 403 g/mol. The normalized spacial score (nSPS) is 10.9. The van der Waals surface area contributed by atoms with Crippen LogP contribution in [0.15, 0.2) is 28.7 Å². The van der Waals surface area contributed by atoms with Crippen molar-refractivity contribution in [3.63, 3.8) is 0 Å². The van der Waals surface area contributed by atoms with Crippen LogP contribution in [-0.4, -0.2) is 27.6 Å². The summed E-state index contributed by atoms with van der Waals surface area (Å²) in [6.07, 6.45) is 0. The molecule has 3 heterocycles. The Labute approximate surface area is 173 Å². The van der Waals surface area contributed by atoms with Crippen LogP contribution in [0.1, 0.15) is 38.6 Å². The lowest BCUT2D eigenvalue weighted by Gasteiger charge is -2.07. The van der Waals surface area contributed by atoms with Crippen molar-refractivity contribution in [2.75, 3.05) is 12.4 Å². The van der Waals surface area contributed by atoms with Gasteiger partial charge in [-0.15, -0.1) is 0 Å². The SMILES string of the molecule is COc1ccc2nc(NC(=O)c3cc(C)n(-c4oc(C)c(C)c4C#N)c3C)[nH]c2c1. The Balaban J connectivity index is 1.69. The predicted octanol–water partition coefficient (Wildman–Crippen LogP) is 4.31. The number of carbonyl (C=O) groups is 1. The van der Waals surface area contributed by atoms with Crippen LogP contribution in [0.2, 0.25) is 0 Å². The van der Waals surface area contributed by atoms with Gasteiger partial charge in [0.15, 0.2) is 0 Å². The van der Waals surface area contributed by atoms with Gasteiger partial charge in [0.05, 0.1) is 23.7 Å². The number of rotatable bonds is 4. The van der Waals surface area contributed by atoms with Crippen molar-refractivity contribution in [3.05, 3.63) is 58.1 Å². The van der Waals surface area contributed by atoms with Crippen molar-refractivity contribution in [2.45, 2.75) is 27.7 Å². The van der Waals surface area contributed by atoms with E-state index in [9.17, 15) is 10.1 Å². The molecule has 3 aromatic heterocycles. The number of hydrogen-bond donors (Lipinski definition) is 2. The summed E-state index contributed by atoms with van der Waals surface area (Å²) < 4.78 is 12.8. The summed E-state index contributed by atoms with van der Waals surface area (Å²) in [6.45, 7) is 7.35. The standard InChI is InChI=1S/C22H21N5O3/c1-11-8-16(13(3)27(11)21-17(10-23)12(2)14(4)30-21)20(28)26-22-24-18-7-6-15(29-5)9-19(18)25-22/h6-9H,1-5H3,(H2,24,25,26,28). The molecule has 152 valence electrons. The molecule has 0 saturated carbocycles. The zero-order valence-corrected chi connectivity index (χ0v) is 17.4. The molecule has 1 aromatic carbocycles. The van der Waals surface area contributed by atoms with Crippen LogP contribution < -0.4 is 10.1 Å². The number of nitrogens with zero attached hydrogens (tertiary/aromatic N) is 3. The van der Waals surface area contributed by atoms with Crippen LogP contribution in [0.3, 0.4) is 0 Å².